The van der Waals surface area contributed by atoms with Gasteiger partial charge in [0.15, 0.2) is 0 Å². The highest BCUT2D eigenvalue weighted by atomic mass is 16.6. The molecule has 2 rings (SSSR count). The molecule has 0 saturated heterocycles. The molecule has 1 saturated carbocycles. The molecule has 132 valence electrons. The molecule has 0 heterocycles. The topological polar surface area (TPSA) is 75.6 Å². The lowest BCUT2D eigenvalue weighted by Gasteiger charge is -2.30. The van der Waals surface area contributed by atoms with Crippen molar-refractivity contribution in [3.63, 3.8) is 0 Å². The predicted octanol–water partition coefficient (Wildman–Crippen LogP) is 3.91. The van der Waals surface area contributed by atoms with Gasteiger partial charge in [0.1, 0.15) is 11.6 Å². The van der Waals surface area contributed by atoms with Crippen LogP contribution in [-0.4, -0.2) is 28.8 Å². The Morgan fingerprint density at radius 3 is 2.50 bits per heavy atom. The summed E-state index contributed by atoms with van der Waals surface area (Å²) in [6.07, 6.45) is 5.82. The number of carbonyl (C=O) groups excluding carboxylic acids is 1. The van der Waals surface area contributed by atoms with Crippen LogP contribution in [0.3, 0.4) is 0 Å². The Morgan fingerprint density at radius 2 is 1.92 bits per heavy atom. The molecule has 5 heteroatoms. The van der Waals surface area contributed by atoms with Crippen molar-refractivity contribution < 1.29 is 19.4 Å². The summed E-state index contributed by atoms with van der Waals surface area (Å²) in [7, 11) is 0. The first-order chi connectivity index (χ1) is 11.5. The lowest BCUT2D eigenvalue weighted by atomic mass is 9.93. The van der Waals surface area contributed by atoms with Crippen LogP contribution in [0.5, 0.6) is 0 Å². The van der Waals surface area contributed by atoms with Gasteiger partial charge in [0.05, 0.1) is 0 Å². The van der Waals surface area contributed by atoms with Crippen molar-refractivity contribution in [1.29, 1.82) is 0 Å². The van der Waals surface area contributed by atoms with Crippen molar-refractivity contribution >= 4 is 12.1 Å². The number of alkyl carbamates (subject to hydrolysis) is 1. The standard InChI is InChI=1S/C19H27NO4/c1-2-3-11-16(17(21)22)20-18(23)24-19(12-7-8-13-19)14-15-9-5-4-6-10-15/h4-6,9-10,16H,2-3,7-8,11-14H2,1H3,(H,20,23)(H,21,22)/t16-/m0/s1. The Labute approximate surface area is 143 Å². The van der Waals surface area contributed by atoms with Gasteiger partial charge in [-0.2, -0.15) is 0 Å². The van der Waals surface area contributed by atoms with Gasteiger partial charge in [0, 0.05) is 6.42 Å². The van der Waals surface area contributed by atoms with Crippen LogP contribution in [0.1, 0.15) is 57.4 Å². The fourth-order valence-corrected chi connectivity index (χ4v) is 3.34. The minimum Gasteiger partial charge on any atom is -0.480 e. The highest BCUT2D eigenvalue weighted by Crippen LogP contribution is 2.36. The monoisotopic (exact) mass is 333 g/mol. The number of nitrogens with one attached hydrogen (secondary N) is 1. The number of ether oxygens (including phenoxy) is 1. The van der Waals surface area contributed by atoms with Gasteiger partial charge in [-0.1, -0.05) is 50.1 Å². The Balaban J connectivity index is 1.99. The average Bonchev–Trinajstić information content (AvgIpc) is 3.00. The molecule has 2 N–H and O–H groups in total. The molecule has 1 aromatic carbocycles. The third-order valence-electron chi connectivity index (χ3n) is 4.63. The van der Waals surface area contributed by atoms with E-state index in [2.05, 4.69) is 5.32 Å². The molecule has 1 atom stereocenters. The van der Waals surface area contributed by atoms with Gasteiger partial charge in [-0.05, 0) is 37.7 Å². The molecule has 1 aliphatic carbocycles. The van der Waals surface area contributed by atoms with E-state index in [-0.39, 0.29) is 0 Å². The molecule has 0 unspecified atom stereocenters. The predicted molar refractivity (Wildman–Crippen MR) is 91.9 cm³/mol. The molecule has 0 spiro atoms. The maximum atomic E-state index is 12.3. The van der Waals surface area contributed by atoms with E-state index in [0.717, 1.165) is 44.1 Å². The van der Waals surface area contributed by atoms with Crippen LogP contribution in [-0.2, 0) is 16.0 Å². The van der Waals surface area contributed by atoms with Gasteiger partial charge < -0.3 is 15.2 Å². The van der Waals surface area contributed by atoms with E-state index in [0.29, 0.717) is 12.8 Å². The van der Waals surface area contributed by atoms with E-state index in [9.17, 15) is 14.7 Å². The van der Waals surface area contributed by atoms with Crippen LogP contribution >= 0.6 is 0 Å². The lowest BCUT2D eigenvalue weighted by molar-refractivity contribution is -0.139. The number of rotatable bonds is 8. The van der Waals surface area contributed by atoms with E-state index in [1.807, 2.05) is 37.3 Å². The Hall–Kier alpha value is -2.04. The molecule has 24 heavy (non-hydrogen) atoms. The number of carboxylic acid groups (broad SMARTS) is 1. The summed E-state index contributed by atoms with van der Waals surface area (Å²) in [6.45, 7) is 1.99. The SMILES string of the molecule is CCCC[C@H](NC(=O)OC1(Cc2ccccc2)CCCC1)C(=O)O. The van der Waals surface area contributed by atoms with Crippen molar-refractivity contribution in [2.75, 3.05) is 0 Å². The number of hydrogen-bond donors (Lipinski definition) is 2. The van der Waals surface area contributed by atoms with Gasteiger partial charge in [0.2, 0.25) is 0 Å². The number of amides is 1. The molecule has 5 nitrogen and oxygen atoms in total. The second kappa shape index (κ2) is 8.71. The summed E-state index contributed by atoms with van der Waals surface area (Å²) in [5.74, 6) is -1.01. The van der Waals surface area contributed by atoms with Crippen molar-refractivity contribution in [2.45, 2.75) is 69.9 Å². The normalized spacial score (nSPS) is 17.2. The Bertz CT molecular complexity index is 538. The van der Waals surface area contributed by atoms with Crippen LogP contribution < -0.4 is 5.32 Å². The third-order valence-corrected chi connectivity index (χ3v) is 4.63. The summed E-state index contributed by atoms with van der Waals surface area (Å²) >= 11 is 0. The van der Waals surface area contributed by atoms with Crippen LogP contribution in [0.25, 0.3) is 0 Å². The van der Waals surface area contributed by atoms with Gasteiger partial charge in [-0.25, -0.2) is 9.59 Å². The second-order valence-electron chi connectivity index (χ2n) is 6.62. The van der Waals surface area contributed by atoms with Gasteiger partial charge in [0.25, 0.3) is 0 Å². The molecule has 1 aliphatic rings. The molecule has 0 bridgehead atoms. The summed E-state index contributed by atoms with van der Waals surface area (Å²) in [4.78, 5) is 23.6. The molecule has 0 radical (unpaired) electrons. The second-order valence-corrected chi connectivity index (χ2v) is 6.62. The number of unbranched alkanes of at least 4 members (excludes halogenated alkanes) is 1. The lowest BCUT2D eigenvalue weighted by Crippen LogP contribution is -2.45. The van der Waals surface area contributed by atoms with E-state index in [1.54, 1.807) is 0 Å². The van der Waals surface area contributed by atoms with E-state index < -0.39 is 23.7 Å². The van der Waals surface area contributed by atoms with Crippen molar-refractivity contribution in [1.82, 2.24) is 5.32 Å². The minimum atomic E-state index is -1.01. The van der Waals surface area contributed by atoms with Crippen molar-refractivity contribution in [3.05, 3.63) is 35.9 Å². The molecule has 0 aliphatic heterocycles. The highest BCUT2D eigenvalue weighted by molar-refractivity contribution is 5.80. The number of benzene rings is 1. The molecule has 1 amide bonds. The highest BCUT2D eigenvalue weighted by Gasteiger charge is 2.38. The van der Waals surface area contributed by atoms with E-state index in [1.165, 1.54) is 0 Å². The molecule has 1 fully saturated rings. The van der Waals surface area contributed by atoms with Gasteiger partial charge in [-0.3, -0.25) is 0 Å². The summed E-state index contributed by atoms with van der Waals surface area (Å²) in [5, 5.41) is 11.8. The summed E-state index contributed by atoms with van der Waals surface area (Å²) in [5.41, 5.74) is 0.618. The van der Waals surface area contributed by atoms with Crippen LogP contribution in [0, 0.1) is 0 Å². The number of carbonyl (C=O) groups is 2. The van der Waals surface area contributed by atoms with Crippen LogP contribution in [0.4, 0.5) is 4.79 Å². The number of carboxylic acids is 1. The Morgan fingerprint density at radius 1 is 1.25 bits per heavy atom. The smallest absolute Gasteiger partial charge is 0.408 e. The fourth-order valence-electron chi connectivity index (χ4n) is 3.34. The number of aliphatic carboxylic acids is 1. The molecule has 0 aromatic heterocycles. The average molecular weight is 333 g/mol. The third kappa shape index (κ3) is 5.25. The summed E-state index contributed by atoms with van der Waals surface area (Å²) in [6, 6.07) is 9.09. The first-order valence-corrected chi connectivity index (χ1v) is 8.81. The Kier molecular flexibility index (Phi) is 6.64. The first kappa shape index (κ1) is 18.3. The molecular weight excluding hydrogens is 306 g/mol. The van der Waals surface area contributed by atoms with Crippen LogP contribution in [0.15, 0.2) is 30.3 Å². The van der Waals surface area contributed by atoms with E-state index in [4.69, 9.17) is 4.74 Å². The zero-order valence-electron chi connectivity index (χ0n) is 14.3. The van der Waals surface area contributed by atoms with E-state index >= 15 is 0 Å². The van der Waals surface area contributed by atoms with Crippen molar-refractivity contribution in [2.24, 2.45) is 0 Å². The van der Waals surface area contributed by atoms with Gasteiger partial charge >= 0.3 is 12.1 Å². The zero-order valence-corrected chi connectivity index (χ0v) is 14.3. The molecule has 1 aromatic rings. The quantitative estimate of drug-likeness (QED) is 0.756. The largest absolute Gasteiger partial charge is 0.480 e. The summed E-state index contributed by atoms with van der Waals surface area (Å²) < 4.78 is 5.75. The van der Waals surface area contributed by atoms with Crippen molar-refractivity contribution in [3.8, 4) is 0 Å². The first-order valence-electron chi connectivity index (χ1n) is 8.81. The fraction of sp³-hybridized carbons (Fsp3) is 0.579. The number of hydrogen-bond acceptors (Lipinski definition) is 3. The maximum Gasteiger partial charge on any atom is 0.408 e. The minimum absolute atomic E-state index is 0.423. The maximum absolute atomic E-state index is 12.3. The zero-order chi connectivity index (χ0) is 17.4. The van der Waals surface area contributed by atoms with Crippen LogP contribution in [0.2, 0.25) is 0 Å². The van der Waals surface area contributed by atoms with Gasteiger partial charge in [-0.15, -0.1) is 0 Å². The molecular formula is C19H27NO4.